The fourth-order valence-electron chi connectivity index (χ4n) is 1.96. The predicted molar refractivity (Wildman–Crippen MR) is 69.0 cm³/mol. The number of nitrogens with one attached hydrogen (secondary N) is 1. The first-order valence-corrected chi connectivity index (χ1v) is 7.71. The number of aromatic carboxylic acids is 1. The van der Waals surface area contributed by atoms with Crippen molar-refractivity contribution in [3.05, 3.63) is 17.9 Å². The molecule has 1 aromatic heterocycles. The molecule has 112 valence electrons. The normalized spacial score (nSPS) is 18.9. The standard InChI is InChI=1S/C12H17NO6S/c1-12(4-6-18-7-5-12)8-13-20(16,17)10-3-2-9(19-10)11(14)15/h2-3,13H,4-8H2,1H3,(H,14,15). The average Bonchev–Trinajstić information content (AvgIpc) is 2.88. The second-order valence-electron chi connectivity index (χ2n) is 5.17. The monoisotopic (exact) mass is 303 g/mol. The quantitative estimate of drug-likeness (QED) is 0.843. The van der Waals surface area contributed by atoms with E-state index in [-0.39, 0.29) is 17.1 Å². The van der Waals surface area contributed by atoms with Crippen molar-refractivity contribution in [2.75, 3.05) is 19.8 Å². The summed E-state index contributed by atoms with van der Waals surface area (Å²) in [5.41, 5.74) is -0.159. The van der Waals surface area contributed by atoms with Gasteiger partial charge in [-0.15, -0.1) is 0 Å². The molecular formula is C12H17NO6S. The van der Waals surface area contributed by atoms with E-state index in [1.807, 2.05) is 6.92 Å². The fraction of sp³-hybridized carbons (Fsp3) is 0.583. The molecule has 0 atom stereocenters. The van der Waals surface area contributed by atoms with Gasteiger partial charge >= 0.3 is 5.97 Å². The first kappa shape index (κ1) is 15.0. The highest BCUT2D eigenvalue weighted by molar-refractivity contribution is 7.89. The zero-order valence-corrected chi connectivity index (χ0v) is 11.9. The maximum atomic E-state index is 12.0. The third-order valence-electron chi connectivity index (χ3n) is 3.45. The Morgan fingerprint density at radius 1 is 1.40 bits per heavy atom. The zero-order valence-electron chi connectivity index (χ0n) is 11.1. The molecule has 20 heavy (non-hydrogen) atoms. The highest BCUT2D eigenvalue weighted by Crippen LogP contribution is 2.29. The van der Waals surface area contributed by atoms with E-state index in [1.54, 1.807) is 0 Å². The number of sulfonamides is 1. The molecule has 0 aromatic carbocycles. The lowest BCUT2D eigenvalue weighted by molar-refractivity contribution is 0.0264. The van der Waals surface area contributed by atoms with Gasteiger partial charge in [0.15, 0.2) is 0 Å². The molecule has 2 N–H and O–H groups in total. The van der Waals surface area contributed by atoms with E-state index in [9.17, 15) is 13.2 Å². The van der Waals surface area contributed by atoms with Gasteiger partial charge in [0.25, 0.3) is 10.0 Å². The summed E-state index contributed by atoms with van der Waals surface area (Å²) in [6.45, 7) is 3.48. The first-order valence-electron chi connectivity index (χ1n) is 6.23. The van der Waals surface area contributed by atoms with Crippen LogP contribution in [0.2, 0.25) is 0 Å². The van der Waals surface area contributed by atoms with E-state index in [0.717, 1.165) is 25.0 Å². The molecule has 1 saturated heterocycles. The van der Waals surface area contributed by atoms with E-state index in [1.165, 1.54) is 0 Å². The van der Waals surface area contributed by atoms with Crippen LogP contribution < -0.4 is 4.72 Å². The van der Waals surface area contributed by atoms with Crippen molar-refractivity contribution in [2.45, 2.75) is 24.9 Å². The molecule has 2 rings (SSSR count). The van der Waals surface area contributed by atoms with Crippen molar-refractivity contribution >= 4 is 16.0 Å². The van der Waals surface area contributed by atoms with Crippen LogP contribution in [-0.4, -0.2) is 39.3 Å². The molecule has 2 heterocycles. The van der Waals surface area contributed by atoms with Gasteiger partial charge in [0, 0.05) is 19.8 Å². The minimum absolute atomic E-state index is 0.159. The third kappa shape index (κ3) is 3.38. The molecule has 1 fully saturated rings. The van der Waals surface area contributed by atoms with Gasteiger partial charge < -0.3 is 14.3 Å². The van der Waals surface area contributed by atoms with Gasteiger partial charge in [-0.05, 0) is 30.4 Å². The van der Waals surface area contributed by atoms with E-state index < -0.39 is 21.8 Å². The zero-order chi connectivity index (χ0) is 14.8. The molecule has 7 nitrogen and oxygen atoms in total. The fourth-order valence-corrected chi connectivity index (χ4v) is 3.09. The molecule has 0 unspecified atom stereocenters. The van der Waals surface area contributed by atoms with Crippen LogP contribution in [0.15, 0.2) is 21.6 Å². The average molecular weight is 303 g/mol. The van der Waals surface area contributed by atoms with Crippen molar-refractivity contribution in [3.8, 4) is 0 Å². The summed E-state index contributed by atoms with van der Waals surface area (Å²) < 4.78 is 36.6. The third-order valence-corrected chi connectivity index (χ3v) is 4.72. The highest BCUT2D eigenvalue weighted by atomic mass is 32.2. The summed E-state index contributed by atoms with van der Waals surface area (Å²) >= 11 is 0. The van der Waals surface area contributed by atoms with Crippen LogP contribution in [0.4, 0.5) is 0 Å². The van der Waals surface area contributed by atoms with Crippen LogP contribution in [0.5, 0.6) is 0 Å². The Morgan fingerprint density at radius 3 is 2.60 bits per heavy atom. The van der Waals surface area contributed by atoms with Crippen molar-refractivity contribution in [1.29, 1.82) is 0 Å². The number of hydrogen-bond acceptors (Lipinski definition) is 5. The van der Waals surface area contributed by atoms with E-state index in [0.29, 0.717) is 13.2 Å². The van der Waals surface area contributed by atoms with Crippen LogP contribution in [0.25, 0.3) is 0 Å². The maximum absolute atomic E-state index is 12.0. The minimum atomic E-state index is -3.83. The lowest BCUT2D eigenvalue weighted by Crippen LogP contribution is -2.39. The van der Waals surface area contributed by atoms with E-state index in [4.69, 9.17) is 14.3 Å². The van der Waals surface area contributed by atoms with Crippen LogP contribution in [0, 0.1) is 5.41 Å². The van der Waals surface area contributed by atoms with Crippen molar-refractivity contribution < 1.29 is 27.5 Å². The number of hydrogen-bond donors (Lipinski definition) is 2. The van der Waals surface area contributed by atoms with Crippen LogP contribution in [-0.2, 0) is 14.8 Å². The number of carbonyl (C=O) groups is 1. The van der Waals surface area contributed by atoms with Gasteiger partial charge in [-0.3, -0.25) is 0 Å². The SMILES string of the molecule is CC1(CNS(=O)(=O)c2ccc(C(=O)O)o2)CCOCC1. The second-order valence-corrected chi connectivity index (χ2v) is 6.87. The topological polar surface area (TPSA) is 106 Å². The predicted octanol–water partition coefficient (Wildman–Crippen LogP) is 1.07. The molecule has 0 bridgehead atoms. The van der Waals surface area contributed by atoms with Crippen LogP contribution in [0.3, 0.4) is 0 Å². The largest absolute Gasteiger partial charge is 0.475 e. The second kappa shape index (κ2) is 5.55. The summed E-state index contributed by atoms with van der Waals surface area (Å²) in [4.78, 5) is 10.7. The maximum Gasteiger partial charge on any atom is 0.371 e. The number of carboxylic acid groups (broad SMARTS) is 1. The van der Waals surface area contributed by atoms with Gasteiger partial charge in [-0.2, -0.15) is 0 Å². The molecule has 1 aromatic rings. The lowest BCUT2D eigenvalue weighted by atomic mass is 9.83. The molecule has 0 saturated carbocycles. The van der Waals surface area contributed by atoms with Gasteiger partial charge in [-0.1, -0.05) is 6.92 Å². The molecule has 8 heteroatoms. The van der Waals surface area contributed by atoms with Crippen molar-refractivity contribution in [3.63, 3.8) is 0 Å². The van der Waals surface area contributed by atoms with Gasteiger partial charge in [0.1, 0.15) is 0 Å². The molecule has 1 aliphatic heterocycles. The summed E-state index contributed by atoms with van der Waals surface area (Å²) in [5, 5.41) is 8.33. The lowest BCUT2D eigenvalue weighted by Gasteiger charge is -2.33. The molecule has 0 aliphatic carbocycles. The minimum Gasteiger partial charge on any atom is -0.475 e. The Labute approximate surface area is 117 Å². The Hall–Kier alpha value is -1.38. The Kier molecular flexibility index (Phi) is 4.17. The number of rotatable bonds is 5. The van der Waals surface area contributed by atoms with E-state index in [2.05, 4.69) is 4.72 Å². The molecule has 0 amide bonds. The van der Waals surface area contributed by atoms with Gasteiger partial charge in [0.2, 0.25) is 10.9 Å². The van der Waals surface area contributed by atoms with Gasteiger partial charge in [0.05, 0.1) is 0 Å². The summed E-state index contributed by atoms with van der Waals surface area (Å²) in [7, 11) is -3.83. The Balaban J connectivity index is 2.05. The smallest absolute Gasteiger partial charge is 0.371 e. The van der Waals surface area contributed by atoms with Crippen LogP contribution >= 0.6 is 0 Å². The first-order chi connectivity index (χ1) is 9.32. The highest BCUT2D eigenvalue weighted by Gasteiger charge is 2.30. The van der Waals surface area contributed by atoms with Crippen molar-refractivity contribution in [1.82, 2.24) is 4.72 Å². The summed E-state index contributed by atoms with van der Waals surface area (Å²) in [6, 6.07) is 2.26. The molecule has 0 spiro atoms. The number of carboxylic acids is 1. The number of ether oxygens (including phenoxy) is 1. The molecule has 1 aliphatic rings. The van der Waals surface area contributed by atoms with E-state index >= 15 is 0 Å². The van der Waals surface area contributed by atoms with Crippen molar-refractivity contribution in [2.24, 2.45) is 5.41 Å². The molecular weight excluding hydrogens is 286 g/mol. The number of furan rings is 1. The van der Waals surface area contributed by atoms with Gasteiger partial charge in [-0.25, -0.2) is 17.9 Å². The molecule has 0 radical (unpaired) electrons. The Morgan fingerprint density at radius 2 is 2.05 bits per heavy atom. The summed E-state index contributed by atoms with van der Waals surface area (Å²) in [6.07, 6.45) is 1.54. The Bertz CT molecular complexity index is 585. The summed E-state index contributed by atoms with van der Waals surface area (Å²) in [5.74, 6) is -1.70. The van der Waals surface area contributed by atoms with Crippen LogP contribution in [0.1, 0.15) is 30.3 Å².